The first-order valence-corrected chi connectivity index (χ1v) is 11.4. The molecule has 0 bridgehead atoms. The standard InChI is InChI=1S/C26H22ClN3O2S/c1-16-17(8-7-9-18(16)27)21-13-14-23(32-21)25-24(19-10-5-6-15-28-19)29-26(33)30(25)20-11-3-4-12-22(20)31-2/h3-15,24-25H,1-2H3,(H,29,33)/t24-,25-/m0/s1. The molecule has 1 fully saturated rings. The molecule has 0 aliphatic carbocycles. The molecule has 5 rings (SSSR count). The number of nitrogens with zero attached hydrogens (tertiary/aromatic N) is 2. The lowest BCUT2D eigenvalue weighted by molar-refractivity contribution is 0.409. The summed E-state index contributed by atoms with van der Waals surface area (Å²) in [6.45, 7) is 1.99. The number of hydrogen-bond donors (Lipinski definition) is 1. The number of thiocarbonyl (C=S) groups is 1. The molecule has 4 aromatic rings. The summed E-state index contributed by atoms with van der Waals surface area (Å²) in [7, 11) is 1.66. The van der Waals surface area contributed by atoms with Crippen LogP contribution in [-0.2, 0) is 0 Å². The van der Waals surface area contributed by atoms with Crippen LogP contribution in [0.2, 0.25) is 5.02 Å². The number of nitrogens with one attached hydrogen (secondary N) is 1. The van der Waals surface area contributed by atoms with Gasteiger partial charge in [0.15, 0.2) is 5.11 Å². The average molecular weight is 476 g/mol. The minimum Gasteiger partial charge on any atom is -0.495 e. The van der Waals surface area contributed by atoms with Gasteiger partial charge >= 0.3 is 0 Å². The van der Waals surface area contributed by atoms with Crippen molar-refractivity contribution in [2.45, 2.75) is 19.0 Å². The Labute approximate surface area is 203 Å². The van der Waals surface area contributed by atoms with E-state index in [1.54, 1.807) is 13.3 Å². The van der Waals surface area contributed by atoms with E-state index < -0.39 is 0 Å². The Kier molecular flexibility index (Phi) is 5.79. The van der Waals surface area contributed by atoms with Gasteiger partial charge in [0.05, 0.1) is 24.5 Å². The highest BCUT2D eigenvalue weighted by atomic mass is 35.5. The molecule has 0 saturated carbocycles. The van der Waals surface area contributed by atoms with E-state index in [1.807, 2.05) is 84.6 Å². The smallest absolute Gasteiger partial charge is 0.174 e. The first kappa shape index (κ1) is 21.5. The molecule has 0 amide bonds. The third kappa shape index (κ3) is 3.86. The van der Waals surface area contributed by atoms with Crippen LogP contribution in [0.3, 0.4) is 0 Å². The third-order valence-corrected chi connectivity index (χ3v) is 6.62. The van der Waals surface area contributed by atoms with Crippen molar-refractivity contribution in [2.75, 3.05) is 12.0 Å². The van der Waals surface area contributed by atoms with Crippen LogP contribution in [0.15, 0.2) is 83.4 Å². The second kappa shape index (κ2) is 8.89. The van der Waals surface area contributed by atoms with Gasteiger partial charge in [0, 0.05) is 16.8 Å². The van der Waals surface area contributed by atoms with Crippen molar-refractivity contribution in [2.24, 2.45) is 0 Å². The van der Waals surface area contributed by atoms with Gasteiger partial charge in [0.1, 0.15) is 23.3 Å². The molecule has 3 heterocycles. The molecule has 0 unspecified atom stereocenters. The van der Waals surface area contributed by atoms with Crippen molar-refractivity contribution in [3.63, 3.8) is 0 Å². The Balaban J connectivity index is 1.64. The predicted molar refractivity (Wildman–Crippen MR) is 135 cm³/mol. The molecule has 1 aliphatic rings. The normalized spacial score (nSPS) is 17.8. The predicted octanol–water partition coefficient (Wildman–Crippen LogP) is 6.49. The van der Waals surface area contributed by atoms with Gasteiger partial charge in [0.2, 0.25) is 0 Å². The van der Waals surface area contributed by atoms with Crippen LogP contribution < -0.4 is 15.0 Å². The maximum Gasteiger partial charge on any atom is 0.174 e. The highest BCUT2D eigenvalue weighted by Gasteiger charge is 2.43. The second-order valence-corrected chi connectivity index (χ2v) is 8.58. The summed E-state index contributed by atoms with van der Waals surface area (Å²) < 4.78 is 12.1. The lowest BCUT2D eigenvalue weighted by Gasteiger charge is -2.27. The van der Waals surface area contributed by atoms with Gasteiger partial charge in [0.25, 0.3) is 0 Å². The van der Waals surface area contributed by atoms with Gasteiger partial charge in [-0.15, -0.1) is 0 Å². The minimum absolute atomic E-state index is 0.205. The maximum atomic E-state index is 6.45. The number of aromatic nitrogens is 1. The van der Waals surface area contributed by atoms with Gasteiger partial charge in [-0.1, -0.05) is 41.9 Å². The third-order valence-electron chi connectivity index (χ3n) is 5.89. The highest BCUT2D eigenvalue weighted by Crippen LogP contribution is 2.45. The molecule has 0 radical (unpaired) electrons. The van der Waals surface area contributed by atoms with Crippen LogP contribution in [-0.4, -0.2) is 17.2 Å². The van der Waals surface area contributed by atoms with E-state index in [-0.39, 0.29) is 12.1 Å². The van der Waals surface area contributed by atoms with E-state index in [2.05, 4.69) is 10.3 Å². The van der Waals surface area contributed by atoms with Gasteiger partial charge < -0.3 is 19.4 Å². The summed E-state index contributed by atoms with van der Waals surface area (Å²) in [6, 6.07) is 23.0. The lowest BCUT2D eigenvalue weighted by atomic mass is 10.0. The number of halogens is 1. The van der Waals surface area contributed by atoms with Crippen LogP contribution in [0.1, 0.15) is 29.1 Å². The monoisotopic (exact) mass is 475 g/mol. The lowest BCUT2D eigenvalue weighted by Crippen LogP contribution is -2.29. The van der Waals surface area contributed by atoms with Crippen molar-refractivity contribution in [3.8, 4) is 17.1 Å². The number of furan rings is 1. The summed E-state index contributed by atoms with van der Waals surface area (Å²) in [5.41, 5.74) is 3.67. The Morgan fingerprint density at radius 3 is 2.64 bits per heavy atom. The molecule has 1 saturated heterocycles. The summed E-state index contributed by atoms with van der Waals surface area (Å²) in [6.07, 6.45) is 1.78. The second-order valence-electron chi connectivity index (χ2n) is 7.78. The van der Waals surface area contributed by atoms with Crippen molar-refractivity contribution in [3.05, 3.63) is 101 Å². The van der Waals surface area contributed by atoms with Crippen molar-refractivity contribution >= 4 is 34.6 Å². The zero-order valence-electron chi connectivity index (χ0n) is 18.2. The Hall–Kier alpha value is -3.35. The van der Waals surface area contributed by atoms with E-state index in [0.717, 1.165) is 39.8 Å². The molecule has 1 N–H and O–H groups in total. The fourth-order valence-corrected chi connectivity index (χ4v) is 4.78. The molecule has 5 nitrogen and oxygen atoms in total. The van der Waals surface area contributed by atoms with Gasteiger partial charge in [-0.2, -0.15) is 0 Å². The number of methoxy groups -OCH3 is 1. The molecule has 1 aliphatic heterocycles. The first-order chi connectivity index (χ1) is 16.1. The molecular weight excluding hydrogens is 454 g/mol. The Morgan fingerprint density at radius 2 is 1.85 bits per heavy atom. The Morgan fingerprint density at radius 1 is 1.03 bits per heavy atom. The first-order valence-electron chi connectivity index (χ1n) is 10.6. The van der Waals surface area contributed by atoms with Gasteiger partial charge in [-0.25, -0.2) is 0 Å². The number of anilines is 1. The highest BCUT2D eigenvalue weighted by molar-refractivity contribution is 7.80. The van der Waals surface area contributed by atoms with Crippen LogP contribution in [0.5, 0.6) is 5.75 Å². The molecule has 7 heteroatoms. The van der Waals surface area contributed by atoms with Crippen LogP contribution in [0.25, 0.3) is 11.3 Å². The number of rotatable bonds is 5. The SMILES string of the molecule is COc1ccccc1N1C(=S)N[C@@H](c2ccccn2)[C@@H]1c1ccc(-c2cccc(Cl)c2C)o1. The molecule has 166 valence electrons. The van der Waals surface area contributed by atoms with Gasteiger partial charge in [-0.05, 0) is 67.2 Å². The minimum atomic E-state index is -0.267. The number of benzene rings is 2. The van der Waals surface area contributed by atoms with Crippen molar-refractivity contribution in [1.29, 1.82) is 0 Å². The molecule has 2 atom stereocenters. The van der Waals surface area contributed by atoms with Crippen LogP contribution >= 0.6 is 23.8 Å². The molecule has 2 aromatic carbocycles. The summed E-state index contributed by atoms with van der Waals surface area (Å²) in [5.74, 6) is 2.24. The molecule has 33 heavy (non-hydrogen) atoms. The number of hydrogen-bond acceptors (Lipinski definition) is 4. The average Bonchev–Trinajstić information content (AvgIpc) is 3.46. The van der Waals surface area contributed by atoms with E-state index in [1.165, 1.54) is 0 Å². The fourth-order valence-electron chi connectivity index (χ4n) is 4.26. The summed E-state index contributed by atoms with van der Waals surface area (Å²) >= 11 is 12.2. The largest absolute Gasteiger partial charge is 0.495 e. The molecule has 2 aromatic heterocycles. The van der Waals surface area contributed by atoms with Crippen LogP contribution in [0, 0.1) is 6.92 Å². The van der Waals surface area contributed by atoms with E-state index in [9.17, 15) is 0 Å². The van der Waals surface area contributed by atoms with E-state index >= 15 is 0 Å². The fraction of sp³-hybridized carbons (Fsp3) is 0.154. The topological polar surface area (TPSA) is 50.5 Å². The summed E-state index contributed by atoms with van der Waals surface area (Å²) in [5, 5.41) is 4.73. The molecule has 0 spiro atoms. The van der Waals surface area contributed by atoms with Crippen LogP contribution in [0.4, 0.5) is 5.69 Å². The number of ether oxygens (including phenoxy) is 1. The zero-order valence-corrected chi connectivity index (χ0v) is 19.7. The maximum absolute atomic E-state index is 6.45. The molecular formula is C26H22ClN3O2S. The van der Waals surface area contributed by atoms with E-state index in [4.69, 9.17) is 33.0 Å². The number of pyridine rings is 1. The van der Waals surface area contributed by atoms with Gasteiger partial charge in [-0.3, -0.25) is 4.98 Å². The van der Waals surface area contributed by atoms with E-state index in [0.29, 0.717) is 10.1 Å². The number of para-hydroxylation sites is 2. The Bertz CT molecular complexity index is 1310. The van der Waals surface area contributed by atoms with Crippen molar-refractivity contribution < 1.29 is 9.15 Å². The quantitative estimate of drug-likeness (QED) is 0.333. The summed E-state index contributed by atoms with van der Waals surface area (Å²) in [4.78, 5) is 6.64. The zero-order chi connectivity index (χ0) is 22.9. The van der Waals surface area contributed by atoms with Crippen molar-refractivity contribution in [1.82, 2.24) is 10.3 Å².